The molecule has 0 aliphatic heterocycles. The van der Waals surface area contributed by atoms with E-state index in [1.54, 1.807) is 0 Å². The maximum atomic E-state index is 4.49. The smallest absolute Gasteiger partial charge is 0.223 e. The largest absolute Gasteiger partial charge is 0.354 e. The third-order valence-electron chi connectivity index (χ3n) is 2.40. The van der Waals surface area contributed by atoms with Crippen molar-refractivity contribution in [2.45, 2.75) is 37.4 Å². The second-order valence-electron chi connectivity index (χ2n) is 4.25. The number of aromatic nitrogens is 4. The van der Waals surface area contributed by atoms with Crippen molar-refractivity contribution < 1.29 is 0 Å². The number of nitrogens with zero attached hydrogens (tertiary/aromatic N) is 4. The highest BCUT2D eigenvalue weighted by Gasteiger charge is 2.07. The number of hydrogen-bond acceptors (Lipinski definition) is 6. The molecule has 100 valence electrons. The van der Waals surface area contributed by atoms with Crippen LogP contribution in [-0.4, -0.2) is 26.5 Å². The molecular weight excluding hydrogens is 258 g/mol. The molecule has 0 saturated heterocycles. The van der Waals surface area contributed by atoms with E-state index >= 15 is 0 Å². The summed E-state index contributed by atoms with van der Waals surface area (Å²) in [5.74, 6) is 0.655. The molecule has 0 fully saturated rings. The van der Waals surface area contributed by atoms with Gasteiger partial charge in [0.25, 0.3) is 0 Å². The summed E-state index contributed by atoms with van der Waals surface area (Å²) in [5.41, 5.74) is 2.07. The molecule has 0 bridgehead atoms. The van der Waals surface area contributed by atoms with Gasteiger partial charge in [-0.25, -0.2) is 19.9 Å². The van der Waals surface area contributed by atoms with Crippen molar-refractivity contribution >= 4 is 17.7 Å². The van der Waals surface area contributed by atoms with E-state index in [-0.39, 0.29) is 0 Å². The van der Waals surface area contributed by atoms with Gasteiger partial charge in [-0.2, -0.15) is 0 Å². The fourth-order valence-electron chi connectivity index (χ4n) is 1.37. The van der Waals surface area contributed by atoms with Gasteiger partial charge in [0.05, 0.1) is 0 Å². The summed E-state index contributed by atoms with van der Waals surface area (Å²) >= 11 is 1.46. The highest BCUT2D eigenvalue weighted by atomic mass is 32.2. The fourth-order valence-corrected chi connectivity index (χ4v) is 2.10. The van der Waals surface area contributed by atoms with Crippen LogP contribution in [0.1, 0.15) is 24.5 Å². The number of rotatable bonds is 5. The van der Waals surface area contributed by atoms with Gasteiger partial charge in [0.2, 0.25) is 5.95 Å². The van der Waals surface area contributed by atoms with Gasteiger partial charge in [0.15, 0.2) is 5.16 Å². The lowest BCUT2D eigenvalue weighted by atomic mass is 10.4. The molecular formula is C13H17N5S. The predicted octanol–water partition coefficient (Wildman–Crippen LogP) is 2.86. The molecule has 2 aromatic heterocycles. The molecule has 2 heterocycles. The first-order valence-electron chi connectivity index (χ1n) is 6.23. The summed E-state index contributed by atoms with van der Waals surface area (Å²) in [7, 11) is 0. The van der Waals surface area contributed by atoms with Crippen molar-refractivity contribution in [2.75, 3.05) is 11.9 Å². The van der Waals surface area contributed by atoms with Gasteiger partial charge in [0, 0.05) is 30.7 Å². The van der Waals surface area contributed by atoms with E-state index in [9.17, 15) is 0 Å². The molecule has 19 heavy (non-hydrogen) atoms. The maximum absolute atomic E-state index is 4.49. The number of anilines is 1. The van der Waals surface area contributed by atoms with Gasteiger partial charge < -0.3 is 5.32 Å². The van der Waals surface area contributed by atoms with Crippen LogP contribution in [0.4, 0.5) is 5.95 Å². The van der Waals surface area contributed by atoms with E-state index in [0.29, 0.717) is 11.1 Å². The minimum atomic E-state index is 0.655. The average Bonchev–Trinajstić information content (AvgIpc) is 2.42. The normalized spacial score (nSPS) is 10.5. The van der Waals surface area contributed by atoms with Gasteiger partial charge >= 0.3 is 0 Å². The third-order valence-corrected chi connectivity index (χ3v) is 3.40. The average molecular weight is 275 g/mol. The minimum Gasteiger partial charge on any atom is -0.354 e. The summed E-state index contributed by atoms with van der Waals surface area (Å²) in [6, 6.07) is 0. The lowest BCUT2D eigenvalue weighted by Gasteiger charge is -2.07. The minimum absolute atomic E-state index is 0.655. The fraction of sp³-hybridized carbons (Fsp3) is 0.385. The highest BCUT2D eigenvalue weighted by Crippen LogP contribution is 2.25. The molecule has 6 heteroatoms. The standard InChI is InChI=1S/C13H17N5S/c1-4-5-14-12-15-8-10(3)11(18-12)19-13-16-6-9(2)7-17-13/h6-8H,4-5H2,1-3H3,(H,14,15,18). The molecule has 0 atom stereocenters. The molecule has 0 aromatic carbocycles. The summed E-state index contributed by atoms with van der Waals surface area (Å²) in [6.07, 6.45) is 6.48. The van der Waals surface area contributed by atoms with Gasteiger partial charge in [-0.15, -0.1) is 0 Å². The van der Waals surface area contributed by atoms with Crippen molar-refractivity contribution in [3.63, 3.8) is 0 Å². The van der Waals surface area contributed by atoms with E-state index in [2.05, 4.69) is 32.2 Å². The van der Waals surface area contributed by atoms with E-state index in [0.717, 1.165) is 29.1 Å². The summed E-state index contributed by atoms with van der Waals surface area (Å²) in [5, 5.41) is 4.77. The van der Waals surface area contributed by atoms with E-state index in [1.807, 2.05) is 32.4 Å². The van der Waals surface area contributed by atoms with Crippen LogP contribution in [0.5, 0.6) is 0 Å². The highest BCUT2D eigenvalue weighted by molar-refractivity contribution is 7.99. The van der Waals surface area contributed by atoms with Crippen LogP contribution in [0.2, 0.25) is 0 Å². The Morgan fingerprint density at radius 2 is 1.84 bits per heavy atom. The molecule has 0 aliphatic carbocycles. The van der Waals surface area contributed by atoms with Crippen molar-refractivity contribution in [1.29, 1.82) is 0 Å². The molecule has 2 aromatic rings. The molecule has 1 N–H and O–H groups in total. The first-order valence-corrected chi connectivity index (χ1v) is 7.04. The first kappa shape index (κ1) is 13.7. The third kappa shape index (κ3) is 3.89. The number of hydrogen-bond donors (Lipinski definition) is 1. The quantitative estimate of drug-likeness (QED) is 0.668. The molecule has 0 unspecified atom stereocenters. The van der Waals surface area contributed by atoms with Crippen LogP contribution < -0.4 is 5.32 Å². The Kier molecular flexibility index (Phi) is 4.68. The van der Waals surface area contributed by atoms with E-state index < -0.39 is 0 Å². The van der Waals surface area contributed by atoms with Crippen molar-refractivity contribution in [3.8, 4) is 0 Å². The predicted molar refractivity (Wildman–Crippen MR) is 76.4 cm³/mol. The van der Waals surface area contributed by atoms with Crippen LogP contribution in [0.15, 0.2) is 28.8 Å². The molecule has 0 amide bonds. The molecule has 0 aliphatic rings. The van der Waals surface area contributed by atoms with Gasteiger partial charge in [-0.1, -0.05) is 6.92 Å². The Hall–Kier alpha value is -1.69. The molecule has 0 radical (unpaired) electrons. The van der Waals surface area contributed by atoms with Crippen LogP contribution in [-0.2, 0) is 0 Å². The van der Waals surface area contributed by atoms with Crippen LogP contribution in [0.25, 0.3) is 0 Å². The van der Waals surface area contributed by atoms with E-state index in [4.69, 9.17) is 0 Å². The van der Waals surface area contributed by atoms with Crippen molar-refractivity contribution in [3.05, 3.63) is 29.7 Å². The second-order valence-corrected chi connectivity index (χ2v) is 5.21. The van der Waals surface area contributed by atoms with Crippen LogP contribution >= 0.6 is 11.8 Å². The van der Waals surface area contributed by atoms with Crippen molar-refractivity contribution in [1.82, 2.24) is 19.9 Å². The Bertz CT molecular complexity index is 541. The molecule has 5 nitrogen and oxygen atoms in total. The first-order chi connectivity index (χ1) is 9.19. The Labute approximate surface area is 117 Å². The van der Waals surface area contributed by atoms with Gasteiger partial charge in [0.1, 0.15) is 5.03 Å². The summed E-state index contributed by atoms with van der Waals surface area (Å²) < 4.78 is 0. The monoisotopic (exact) mass is 275 g/mol. The molecule has 2 rings (SSSR count). The Morgan fingerprint density at radius 1 is 1.11 bits per heavy atom. The zero-order valence-electron chi connectivity index (χ0n) is 11.3. The Morgan fingerprint density at radius 3 is 2.53 bits per heavy atom. The number of nitrogens with one attached hydrogen (secondary N) is 1. The lowest BCUT2D eigenvalue weighted by Crippen LogP contribution is -2.05. The van der Waals surface area contributed by atoms with Crippen LogP contribution in [0.3, 0.4) is 0 Å². The summed E-state index contributed by atoms with van der Waals surface area (Å²) in [4.78, 5) is 17.3. The Balaban J connectivity index is 2.16. The van der Waals surface area contributed by atoms with Crippen LogP contribution in [0, 0.1) is 13.8 Å². The molecule has 0 spiro atoms. The maximum Gasteiger partial charge on any atom is 0.223 e. The molecule has 0 saturated carbocycles. The zero-order valence-corrected chi connectivity index (χ0v) is 12.2. The zero-order chi connectivity index (χ0) is 13.7. The topological polar surface area (TPSA) is 63.6 Å². The summed E-state index contributed by atoms with van der Waals surface area (Å²) in [6.45, 7) is 6.93. The van der Waals surface area contributed by atoms with Crippen molar-refractivity contribution in [2.24, 2.45) is 0 Å². The van der Waals surface area contributed by atoms with Gasteiger partial charge in [-0.3, -0.25) is 0 Å². The SMILES string of the molecule is CCCNc1ncc(C)c(Sc2ncc(C)cn2)n1. The van der Waals surface area contributed by atoms with E-state index in [1.165, 1.54) is 11.8 Å². The second kappa shape index (κ2) is 6.47. The number of aryl methyl sites for hydroxylation is 2. The van der Waals surface area contributed by atoms with Gasteiger partial charge in [-0.05, 0) is 37.6 Å². The lowest BCUT2D eigenvalue weighted by molar-refractivity contribution is 0.914.